The van der Waals surface area contributed by atoms with Gasteiger partial charge in [-0.05, 0) is 19.8 Å². The van der Waals surface area contributed by atoms with Crippen LogP contribution >= 0.6 is 15.9 Å². The van der Waals surface area contributed by atoms with Crippen molar-refractivity contribution in [2.45, 2.75) is 39.7 Å². The van der Waals surface area contributed by atoms with E-state index < -0.39 is 0 Å². The highest BCUT2D eigenvalue weighted by Crippen LogP contribution is 2.20. The minimum Gasteiger partial charge on any atom is -0.351 e. The van der Waals surface area contributed by atoms with Crippen LogP contribution in [-0.4, -0.2) is 27.9 Å². The highest BCUT2D eigenvalue weighted by molar-refractivity contribution is 9.09. The van der Waals surface area contributed by atoms with E-state index in [2.05, 4.69) is 44.6 Å². The SMILES string of the molecule is CCC(CC)N(CCBr)c1nccnc1C. The number of aromatic nitrogens is 2. The van der Waals surface area contributed by atoms with Crippen LogP contribution in [0.2, 0.25) is 0 Å². The molecule has 0 bridgehead atoms. The first-order chi connectivity index (χ1) is 7.74. The minimum absolute atomic E-state index is 0.549. The van der Waals surface area contributed by atoms with Gasteiger partial charge in [-0.3, -0.25) is 4.98 Å². The lowest BCUT2D eigenvalue weighted by atomic mass is 10.1. The molecule has 0 fully saturated rings. The number of anilines is 1. The second-order valence-electron chi connectivity index (χ2n) is 3.82. The second-order valence-corrected chi connectivity index (χ2v) is 4.61. The summed E-state index contributed by atoms with van der Waals surface area (Å²) in [4.78, 5) is 11.1. The Balaban J connectivity index is 2.97. The highest BCUT2D eigenvalue weighted by atomic mass is 79.9. The van der Waals surface area contributed by atoms with Crippen molar-refractivity contribution in [2.24, 2.45) is 0 Å². The predicted molar refractivity (Wildman–Crippen MR) is 72.3 cm³/mol. The van der Waals surface area contributed by atoms with Crippen LogP contribution in [0.1, 0.15) is 32.4 Å². The maximum atomic E-state index is 4.46. The number of hydrogen-bond acceptors (Lipinski definition) is 3. The first kappa shape index (κ1) is 13.4. The van der Waals surface area contributed by atoms with Gasteiger partial charge in [0, 0.05) is 30.3 Å². The lowest BCUT2D eigenvalue weighted by molar-refractivity contribution is 0.561. The Kier molecular flexibility index (Phi) is 5.74. The number of hydrogen-bond donors (Lipinski definition) is 0. The second kappa shape index (κ2) is 6.84. The Labute approximate surface area is 106 Å². The van der Waals surface area contributed by atoms with E-state index in [9.17, 15) is 0 Å². The summed E-state index contributed by atoms with van der Waals surface area (Å²) in [5.74, 6) is 1.02. The Hall–Kier alpha value is -0.640. The topological polar surface area (TPSA) is 29.0 Å². The van der Waals surface area contributed by atoms with Crippen LogP contribution in [0.4, 0.5) is 5.82 Å². The van der Waals surface area contributed by atoms with E-state index in [1.807, 2.05) is 6.92 Å². The standard InChI is InChI=1S/C12H20BrN3/c1-4-11(5-2)16(9-6-13)12-10(3)14-7-8-15-12/h7-8,11H,4-6,9H2,1-3H3. The number of rotatable bonds is 6. The largest absolute Gasteiger partial charge is 0.351 e. The smallest absolute Gasteiger partial charge is 0.150 e. The van der Waals surface area contributed by atoms with Crippen molar-refractivity contribution >= 4 is 21.7 Å². The molecule has 0 saturated carbocycles. The van der Waals surface area contributed by atoms with E-state index >= 15 is 0 Å². The first-order valence-electron chi connectivity index (χ1n) is 5.84. The predicted octanol–water partition coefficient (Wildman–Crippen LogP) is 3.17. The summed E-state index contributed by atoms with van der Waals surface area (Å²) in [5.41, 5.74) is 1.01. The molecule has 0 spiro atoms. The molecule has 3 nitrogen and oxygen atoms in total. The minimum atomic E-state index is 0.549. The van der Waals surface area contributed by atoms with Gasteiger partial charge in [-0.25, -0.2) is 4.98 Å². The van der Waals surface area contributed by atoms with Crippen LogP contribution in [-0.2, 0) is 0 Å². The fourth-order valence-electron chi connectivity index (χ4n) is 1.96. The van der Waals surface area contributed by atoms with Crippen molar-refractivity contribution in [1.29, 1.82) is 0 Å². The molecule has 0 aliphatic carbocycles. The monoisotopic (exact) mass is 285 g/mol. The Morgan fingerprint density at radius 2 is 1.88 bits per heavy atom. The summed E-state index contributed by atoms with van der Waals surface area (Å²) in [6.45, 7) is 7.44. The van der Waals surface area contributed by atoms with Crippen LogP contribution in [0.15, 0.2) is 12.4 Å². The van der Waals surface area contributed by atoms with Gasteiger partial charge in [-0.15, -0.1) is 0 Å². The van der Waals surface area contributed by atoms with E-state index in [-0.39, 0.29) is 0 Å². The fourth-order valence-corrected chi connectivity index (χ4v) is 2.35. The summed E-state index contributed by atoms with van der Waals surface area (Å²) < 4.78 is 0. The van der Waals surface area contributed by atoms with E-state index in [4.69, 9.17) is 0 Å². The van der Waals surface area contributed by atoms with Crippen molar-refractivity contribution in [3.63, 3.8) is 0 Å². The van der Waals surface area contributed by atoms with Gasteiger partial charge >= 0.3 is 0 Å². The van der Waals surface area contributed by atoms with E-state index in [0.29, 0.717) is 6.04 Å². The summed E-state index contributed by atoms with van der Waals surface area (Å²) in [7, 11) is 0. The molecule has 1 aromatic heterocycles. The first-order valence-corrected chi connectivity index (χ1v) is 6.96. The molecular weight excluding hydrogens is 266 g/mol. The maximum absolute atomic E-state index is 4.46. The molecule has 0 saturated heterocycles. The molecule has 1 aromatic rings. The number of aryl methyl sites for hydroxylation is 1. The van der Waals surface area contributed by atoms with Crippen LogP contribution in [0.25, 0.3) is 0 Å². The number of alkyl halides is 1. The van der Waals surface area contributed by atoms with Crippen molar-refractivity contribution in [3.8, 4) is 0 Å². The van der Waals surface area contributed by atoms with Gasteiger partial charge in [0.05, 0.1) is 5.69 Å². The quantitative estimate of drug-likeness (QED) is 0.752. The van der Waals surface area contributed by atoms with Gasteiger partial charge in [-0.1, -0.05) is 29.8 Å². The molecule has 1 heterocycles. The molecule has 90 valence electrons. The maximum Gasteiger partial charge on any atom is 0.150 e. The van der Waals surface area contributed by atoms with Crippen molar-refractivity contribution in [1.82, 2.24) is 9.97 Å². The molecule has 0 radical (unpaired) electrons. The summed E-state index contributed by atoms with van der Waals surface area (Å²) in [6, 6.07) is 0.549. The average Bonchev–Trinajstić information content (AvgIpc) is 2.30. The van der Waals surface area contributed by atoms with Gasteiger partial charge in [0.2, 0.25) is 0 Å². The third-order valence-electron chi connectivity index (χ3n) is 2.84. The summed E-state index contributed by atoms with van der Waals surface area (Å²) >= 11 is 3.51. The summed E-state index contributed by atoms with van der Waals surface area (Å²) in [5, 5.41) is 0.958. The summed E-state index contributed by atoms with van der Waals surface area (Å²) in [6.07, 6.45) is 5.79. The normalized spacial score (nSPS) is 10.8. The lowest BCUT2D eigenvalue weighted by Crippen LogP contribution is -2.37. The van der Waals surface area contributed by atoms with Crippen molar-refractivity contribution in [2.75, 3.05) is 16.8 Å². The zero-order valence-electron chi connectivity index (χ0n) is 10.3. The van der Waals surface area contributed by atoms with Crippen LogP contribution < -0.4 is 4.90 Å². The molecule has 1 rings (SSSR count). The Morgan fingerprint density at radius 3 is 2.38 bits per heavy atom. The van der Waals surface area contributed by atoms with Gasteiger partial charge in [0.1, 0.15) is 5.82 Å². The van der Waals surface area contributed by atoms with Gasteiger partial charge in [0.15, 0.2) is 0 Å². The zero-order valence-corrected chi connectivity index (χ0v) is 11.9. The van der Waals surface area contributed by atoms with E-state index in [1.54, 1.807) is 12.4 Å². The van der Waals surface area contributed by atoms with Gasteiger partial charge < -0.3 is 4.90 Å². The highest BCUT2D eigenvalue weighted by Gasteiger charge is 2.18. The molecule has 4 heteroatoms. The van der Waals surface area contributed by atoms with Gasteiger partial charge in [0.25, 0.3) is 0 Å². The number of nitrogens with zero attached hydrogens (tertiary/aromatic N) is 3. The third-order valence-corrected chi connectivity index (χ3v) is 3.19. The molecule has 0 aliphatic heterocycles. The number of halogens is 1. The van der Waals surface area contributed by atoms with Crippen LogP contribution in [0, 0.1) is 6.92 Å². The lowest BCUT2D eigenvalue weighted by Gasteiger charge is -2.31. The Bertz CT molecular complexity index is 313. The fraction of sp³-hybridized carbons (Fsp3) is 0.667. The molecule has 0 atom stereocenters. The third kappa shape index (κ3) is 3.17. The molecular formula is C12H20BrN3. The average molecular weight is 286 g/mol. The Morgan fingerprint density at radius 1 is 1.25 bits per heavy atom. The van der Waals surface area contributed by atoms with Crippen LogP contribution in [0.5, 0.6) is 0 Å². The molecule has 0 N–H and O–H groups in total. The van der Waals surface area contributed by atoms with Crippen molar-refractivity contribution in [3.05, 3.63) is 18.1 Å². The molecule has 0 amide bonds. The molecule has 16 heavy (non-hydrogen) atoms. The van der Waals surface area contributed by atoms with Gasteiger partial charge in [-0.2, -0.15) is 0 Å². The van der Waals surface area contributed by atoms with E-state index in [0.717, 1.165) is 36.2 Å². The van der Waals surface area contributed by atoms with Crippen LogP contribution in [0.3, 0.4) is 0 Å². The van der Waals surface area contributed by atoms with Crippen molar-refractivity contribution < 1.29 is 0 Å². The molecule has 0 aromatic carbocycles. The molecule has 0 unspecified atom stereocenters. The van der Waals surface area contributed by atoms with E-state index in [1.165, 1.54) is 0 Å². The zero-order chi connectivity index (χ0) is 12.0. The molecule has 0 aliphatic rings.